The maximum atomic E-state index is 12.1. The summed E-state index contributed by atoms with van der Waals surface area (Å²) in [5.41, 5.74) is 10.1. The number of carboxylic acid groups (broad SMARTS) is 1. The summed E-state index contributed by atoms with van der Waals surface area (Å²) < 4.78 is 56.2. The molecule has 12 nitrogen and oxygen atoms in total. The normalized spacial score (nSPS) is 19.5. The van der Waals surface area contributed by atoms with Crippen LogP contribution in [0.15, 0.2) is 73.1 Å². The van der Waals surface area contributed by atoms with E-state index in [1.54, 1.807) is 27.9 Å². The largest absolute Gasteiger partial charge is 0.481 e. The average molecular weight is 950 g/mol. The Balaban J connectivity index is 0.000000192. The summed E-state index contributed by atoms with van der Waals surface area (Å²) in [6.07, 6.45) is 14.5. The third-order valence-corrected chi connectivity index (χ3v) is 15.9. The molecule has 2 aromatic heterocycles. The van der Waals surface area contributed by atoms with E-state index in [1.807, 2.05) is 54.6 Å². The number of pyridine rings is 2. The van der Waals surface area contributed by atoms with Crippen molar-refractivity contribution < 1.29 is 36.3 Å². The molecular weight excluding hydrogens is 896 g/mol. The zero-order valence-corrected chi connectivity index (χ0v) is 39.4. The van der Waals surface area contributed by atoms with Crippen LogP contribution >= 0.6 is 23.2 Å². The number of aliphatic carboxylic acids is 1. The number of fused-ring (bicyclic) bond motifs is 4. The maximum absolute atomic E-state index is 12.1. The van der Waals surface area contributed by atoms with Crippen molar-refractivity contribution in [1.82, 2.24) is 18.6 Å². The van der Waals surface area contributed by atoms with Gasteiger partial charge in [-0.2, -0.15) is 0 Å². The predicted molar refractivity (Wildman–Crippen MR) is 252 cm³/mol. The molecule has 0 amide bonds. The van der Waals surface area contributed by atoms with E-state index in [0.717, 1.165) is 81.6 Å². The smallest absolute Gasteiger partial charge is 0.306 e. The number of piperidine rings is 2. The number of esters is 1. The molecule has 4 aliphatic rings. The summed E-state index contributed by atoms with van der Waals surface area (Å²) in [7, 11) is -6.40. The summed E-state index contributed by atoms with van der Waals surface area (Å²) in [6.45, 7) is 4.17. The number of carbonyl (C=O) groups excluding carboxylic acids is 1. The van der Waals surface area contributed by atoms with Crippen molar-refractivity contribution >= 4 is 78.5 Å². The fraction of sp³-hybridized carbons (Fsp3) is 0.417. The van der Waals surface area contributed by atoms with Crippen LogP contribution in [0.2, 0.25) is 10.0 Å². The van der Waals surface area contributed by atoms with Crippen molar-refractivity contribution in [3.63, 3.8) is 0 Å². The van der Waals surface area contributed by atoms with Crippen LogP contribution < -0.4 is 0 Å². The molecule has 2 aromatic carbocycles. The van der Waals surface area contributed by atoms with Crippen LogP contribution in [0.1, 0.15) is 115 Å². The zero-order chi connectivity index (χ0) is 45.8. The van der Waals surface area contributed by atoms with Crippen LogP contribution in [-0.4, -0.2) is 97.8 Å². The van der Waals surface area contributed by atoms with E-state index in [4.69, 9.17) is 37.9 Å². The fourth-order valence-corrected chi connectivity index (χ4v) is 11.9. The monoisotopic (exact) mass is 948 g/mol. The number of hydrogen-bond acceptors (Lipinski definition) is 9. The molecule has 8 rings (SSSR count). The lowest BCUT2D eigenvalue weighted by Crippen LogP contribution is -2.39. The SMILES string of the molecule is CCOC(=O)CCC1=Cc2cc(Cl)ccc2C(C2CCN(S(C)(=O)=O)CC2)c2ncccc21.CS(=O)(=O)N1CCC(C2c3ccc(Cl)cc3C=C(CCC(=O)O)c3cccnc32)CC1. The highest BCUT2D eigenvalue weighted by Crippen LogP contribution is 2.47. The number of halogens is 2. The van der Waals surface area contributed by atoms with Gasteiger partial charge in [-0.15, -0.1) is 0 Å². The number of hydrogen-bond donors (Lipinski definition) is 1. The Morgan fingerprint density at radius 1 is 0.688 bits per heavy atom. The molecule has 0 bridgehead atoms. The summed E-state index contributed by atoms with van der Waals surface area (Å²) in [4.78, 5) is 32.9. The van der Waals surface area contributed by atoms with Crippen LogP contribution in [0.3, 0.4) is 0 Å². The van der Waals surface area contributed by atoms with Gasteiger partial charge in [0.2, 0.25) is 20.0 Å². The molecule has 2 saturated heterocycles. The molecule has 4 aromatic rings. The predicted octanol–water partition coefficient (Wildman–Crippen LogP) is 8.99. The molecule has 0 spiro atoms. The highest BCUT2D eigenvalue weighted by Gasteiger charge is 2.38. The van der Waals surface area contributed by atoms with Gasteiger partial charge in [0.25, 0.3) is 0 Å². The summed E-state index contributed by atoms with van der Waals surface area (Å²) >= 11 is 12.7. The number of carbonyl (C=O) groups is 2. The molecule has 340 valence electrons. The van der Waals surface area contributed by atoms with Crippen molar-refractivity contribution in [1.29, 1.82) is 0 Å². The highest BCUT2D eigenvalue weighted by atomic mass is 35.5. The number of benzene rings is 2. The third kappa shape index (κ3) is 11.1. The highest BCUT2D eigenvalue weighted by molar-refractivity contribution is 7.88. The van der Waals surface area contributed by atoms with Gasteiger partial charge in [-0.25, -0.2) is 25.4 Å². The molecule has 2 fully saturated rings. The Bertz CT molecular complexity index is 2670. The average Bonchev–Trinajstić information content (AvgIpc) is 3.48. The molecule has 1 N–H and O–H groups in total. The first-order valence-electron chi connectivity index (χ1n) is 21.7. The zero-order valence-electron chi connectivity index (χ0n) is 36.3. The Morgan fingerprint density at radius 3 is 1.50 bits per heavy atom. The van der Waals surface area contributed by atoms with Gasteiger partial charge in [0.05, 0.1) is 30.5 Å². The quantitative estimate of drug-likeness (QED) is 0.144. The molecule has 2 unspecified atom stereocenters. The van der Waals surface area contributed by atoms with Crippen molar-refractivity contribution in [3.05, 3.63) is 128 Å². The number of nitrogens with zero attached hydrogens (tertiary/aromatic N) is 4. The molecule has 0 saturated carbocycles. The van der Waals surface area contributed by atoms with E-state index in [-0.39, 0.29) is 36.1 Å². The second-order valence-corrected chi connectivity index (χ2v) is 21.7. The second kappa shape index (κ2) is 20.4. The molecule has 2 aliphatic carbocycles. The summed E-state index contributed by atoms with van der Waals surface area (Å²) in [5, 5.41) is 10.5. The summed E-state index contributed by atoms with van der Waals surface area (Å²) in [6, 6.07) is 19.6. The van der Waals surface area contributed by atoms with Crippen molar-refractivity contribution in [2.45, 2.75) is 70.1 Å². The van der Waals surface area contributed by atoms with E-state index >= 15 is 0 Å². The van der Waals surface area contributed by atoms with Gasteiger partial charge in [0.15, 0.2) is 0 Å². The van der Waals surface area contributed by atoms with E-state index in [9.17, 15) is 31.5 Å². The van der Waals surface area contributed by atoms with E-state index < -0.39 is 26.0 Å². The van der Waals surface area contributed by atoms with Crippen LogP contribution in [0, 0.1) is 11.8 Å². The minimum Gasteiger partial charge on any atom is -0.481 e. The number of ether oxygens (including phenoxy) is 1. The lowest BCUT2D eigenvalue weighted by molar-refractivity contribution is -0.143. The van der Waals surface area contributed by atoms with Crippen LogP contribution in [0.25, 0.3) is 23.3 Å². The van der Waals surface area contributed by atoms with Crippen LogP contribution in [0.4, 0.5) is 0 Å². The topological polar surface area (TPSA) is 164 Å². The van der Waals surface area contributed by atoms with Crippen molar-refractivity contribution in [3.8, 4) is 0 Å². The molecular formula is C48H54Cl2N4O8S2. The Labute approximate surface area is 386 Å². The Kier molecular flexibility index (Phi) is 15.1. The minimum atomic E-state index is -3.20. The third-order valence-electron chi connectivity index (χ3n) is 12.8. The van der Waals surface area contributed by atoms with Gasteiger partial charge in [0, 0.05) is 73.3 Å². The fourth-order valence-electron chi connectivity index (χ4n) is 9.77. The standard InChI is InChI=1S/C25H29ClN2O4S.C23H25ClN2O4S/c1-3-32-23(29)9-6-18-15-19-16-20(26)7-8-21(19)24(25-22(18)5-4-12-27-25)17-10-13-28(14-11-17)33(2,30)31;1-31(29,30)26-11-8-15(9-12-26)22-19-6-5-18(24)14-17(19)13-16(4-7-21(27)28)20-3-2-10-25-23(20)22/h4-5,7-8,12,15-17,24H,3,6,9-11,13-14H2,1-2H3;2-3,5-6,10,13-15,22H,4,7-9,11-12H2,1H3,(H,27,28). The van der Waals surface area contributed by atoms with Crippen molar-refractivity contribution in [2.75, 3.05) is 45.3 Å². The second-order valence-electron chi connectivity index (χ2n) is 16.9. The maximum Gasteiger partial charge on any atom is 0.306 e. The van der Waals surface area contributed by atoms with E-state index in [1.165, 1.54) is 12.5 Å². The molecule has 2 aliphatic heterocycles. The van der Waals surface area contributed by atoms with Gasteiger partial charge < -0.3 is 9.84 Å². The lowest BCUT2D eigenvalue weighted by Gasteiger charge is -2.35. The van der Waals surface area contributed by atoms with E-state index in [0.29, 0.717) is 62.1 Å². The van der Waals surface area contributed by atoms with Gasteiger partial charge in [-0.3, -0.25) is 19.6 Å². The number of carboxylic acids is 1. The molecule has 0 radical (unpaired) electrons. The molecule has 2 atom stereocenters. The van der Waals surface area contributed by atoms with Gasteiger partial charge in [0.1, 0.15) is 0 Å². The first kappa shape index (κ1) is 47.5. The first-order valence-corrected chi connectivity index (χ1v) is 26.1. The number of allylic oxidation sites excluding steroid dienone is 2. The number of rotatable bonds is 11. The van der Waals surface area contributed by atoms with E-state index in [2.05, 4.69) is 18.2 Å². The lowest BCUT2D eigenvalue weighted by atomic mass is 9.76. The van der Waals surface area contributed by atoms with Crippen LogP contribution in [-0.2, 0) is 34.4 Å². The van der Waals surface area contributed by atoms with Crippen LogP contribution in [0.5, 0.6) is 0 Å². The molecule has 4 heterocycles. The number of aromatic nitrogens is 2. The van der Waals surface area contributed by atoms with Gasteiger partial charge in [-0.1, -0.05) is 59.6 Å². The number of sulfonamides is 2. The molecule has 16 heteroatoms. The Morgan fingerprint density at radius 2 is 1.11 bits per heavy atom. The van der Waals surface area contributed by atoms with Gasteiger partial charge >= 0.3 is 11.9 Å². The Hall–Kier alpha value is -4.44. The summed E-state index contributed by atoms with van der Waals surface area (Å²) in [5.74, 6) is -0.584. The first-order chi connectivity index (χ1) is 30.5. The van der Waals surface area contributed by atoms with Gasteiger partial charge in [-0.05, 0) is 138 Å². The molecule has 64 heavy (non-hydrogen) atoms. The minimum absolute atomic E-state index is 0.0104. The van der Waals surface area contributed by atoms with Crippen molar-refractivity contribution in [2.24, 2.45) is 11.8 Å².